The number of hydrogen-bond acceptors (Lipinski definition) is 5. The summed E-state index contributed by atoms with van der Waals surface area (Å²) in [4.78, 5) is 22.6. The van der Waals surface area contributed by atoms with Crippen LogP contribution < -0.4 is 0 Å². The van der Waals surface area contributed by atoms with Crippen LogP contribution in [0.15, 0.2) is 30.6 Å². The zero-order valence-corrected chi connectivity index (χ0v) is 14.3. The van der Waals surface area contributed by atoms with E-state index in [1.54, 1.807) is 29.4 Å². The molecule has 0 aromatic carbocycles. The molecule has 130 valence electrons. The molecular formula is C18H26N4O2. The van der Waals surface area contributed by atoms with Crippen molar-refractivity contribution < 1.29 is 9.90 Å². The summed E-state index contributed by atoms with van der Waals surface area (Å²) in [6.07, 6.45) is 7.43. The van der Waals surface area contributed by atoms with Gasteiger partial charge in [0, 0.05) is 57.7 Å². The molecule has 3 heterocycles. The third kappa shape index (κ3) is 4.41. The molecule has 1 unspecified atom stereocenters. The summed E-state index contributed by atoms with van der Waals surface area (Å²) >= 11 is 0. The SMILES string of the molecule is CN1CCN(CC2(O)CCN(C(=O)/C=C/c3ccncc3)C2)CC1. The Balaban J connectivity index is 1.52. The normalized spacial score (nSPS) is 26.3. The standard InChI is InChI=1S/C18H26N4O2/c1-20-10-12-21(13-11-20)14-18(24)6-9-22(15-18)17(23)3-2-16-4-7-19-8-5-16/h2-5,7-8,24H,6,9-15H2,1H3/b3-2+. The third-order valence-electron chi connectivity index (χ3n) is 4.88. The molecule has 1 N–H and O–H groups in total. The molecule has 2 fully saturated rings. The van der Waals surface area contributed by atoms with Gasteiger partial charge >= 0.3 is 0 Å². The molecule has 2 aliphatic heterocycles. The van der Waals surface area contributed by atoms with Gasteiger partial charge in [0.25, 0.3) is 0 Å². The second-order valence-electron chi connectivity index (χ2n) is 6.93. The molecule has 2 saturated heterocycles. The summed E-state index contributed by atoms with van der Waals surface area (Å²) in [7, 11) is 2.12. The third-order valence-corrected chi connectivity index (χ3v) is 4.88. The van der Waals surface area contributed by atoms with E-state index in [1.165, 1.54) is 0 Å². The highest BCUT2D eigenvalue weighted by atomic mass is 16.3. The maximum atomic E-state index is 12.3. The number of amides is 1. The van der Waals surface area contributed by atoms with Gasteiger partial charge in [-0.3, -0.25) is 14.7 Å². The number of aromatic nitrogens is 1. The average Bonchev–Trinajstić information content (AvgIpc) is 2.98. The van der Waals surface area contributed by atoms with Gasteiger partial charge in [-0.25, -0.2) is 0 Å². The first-order chi connectivity index (χ1) is 11.5. The van der Waals surface area contributed by atoms with Crippen LogP contribution in [0.5, 0.6) is 0 Å². The van der Waals surface area contributed by atoms with Crippen LogP contribution in [0, 0.1) is 0 Å². The predicted molar refractivity (Wildman–Crippen MR) is 93.4 cm³/mol. The van der Waals surface area contributed by atoms with Crippen LogP contribution in [0.25, 0.3) is 6.08 Å². The van der Waals surface area contributed by atoms with E-state index in [0.29, 0.717) is 26.1 Å². The van der Waals surface area contributed by atoms with Crippen molar-refractivity contribution in [3.05, 3.63) is 36.2 Å². The first-order valence-electron chi connectivity index (χ1n) is 8.54. The number of rotatable bonds is 4. The van der Waals surface area contributed by atoms with E-state index in [9.17, 15) is 9.90 Å². The van der Waals surface area contributed by atoms with Gasteiger partial charge in [0.05, 0.1) is 12.1 Å². The number of β-amino-alcohol motifs (C(OH)–C–C–N with tert-alkyl or cyclic N) is 1. The minimum Gasteiger partial charge on any atom is -0.387 e. The Kier molecular flexibility index (Phi) is 5.28. The molecule has 0 aliphatic carbocycles. The summed E-state index contributed by atoms with van der Waals surface area (Å²) in [5, 5.41) is 10.8. The van der Waals surface area contributed by atoms with Gasteiger partial charge in [0.2, 0.25) is 5.91 Å². The molecule has 0 spiro atoms. The summed E-state index contributed by atoms with van der Waals surface area (Å²) < 4.78 is 0. The minimum atomic E-state index is -0.782. The molecule has 2 aliphatic rings. The lowest BCUT2D eigenvalue weighted by Gasteiger charge is -2.36. The van der Waals surface area contributed by atoms with Crippen LogP contribution in [0.3, 0.4) is 0 Å². The van der Waals surface area contributed by atoms with E-state index in [4.69, 9.17) is 0 Å². The molecular weight excluding hydrogens is 304 g/mol. The van der Waals surface area contributed by atoms with Gasteiger partial charge in [-0.05, 0) is 37.2 Å². The first-order valence-corrected chi connectivity index (χ1v) is 8.54. The maximum Gasteiger partial charge on any atom is 0.246 e. The number of likely N-dealkylation sites (N-methyl/N-ethyl adjacent to an activating group) is 1. The molecule has 1 amide bonds. The van der Waals surface area contributed by atoms with Crippen molar-refractivity contribution >= 4 is 12.0 Å². The average molecular weight is 330 g/mol. The van der Waals surface area contributed by atoms with Crippen molar-refractivity contribution in [3.63, 3.8) is 0 Å². The van der Waals surface area contributed by atoms with Gasteiger partial charge < -0.3 is 14.9 Å². The van der Waals surface area contributed by atoms with Crippen LogP contribution in [0.1, 0.15) is 12.0 Å². The Labute approximate surface area is 143 Å². The van der Waals surface area contributed by atoms with Crippen molar-refractivity contribution in [2.24, 2.45) is 0 Å². The van der Waals surface area contributed by atoms with E-state index in [-0.39, 0.29) is 5.91 Å². The maximum absolute atomic E-state index is 12.3. The molecule has 1 aromatic rings. The summed E-state index contributed by atoms with van der Waals surface area (Å²) in [5.41, 5.74) is 0.168. The van der Waals surface area contributed by atoms with Crippen LogP contribution in [0.2, 0.25) is 0 Å². The number of pyridine rings is 1. The van der Waals surface area contributed by atoms with Crippen LogP contribution in [-0.4, -0.2) is 89.2 Å². The predicted octanol–water partition coefficient (Wildman–Crippen LogP) is 0.306. The number of likely N-dealkylation sites (tertiary alicyclic amines) is 1. The minimum absolute atomic E-state index is 0.0406. The second kappa shape index (κ2) is 7.42. The molecule has 1 aromatic heterocycles. The lowest BCUT2D eigenvalue weighted by atomic mass is 10.0. The van der Waals surface area contributed by atoms with E-state index < -0.39 is 5.60 Å². The lowest BCUT2D eigenvalue weighted by molar-refractivity contribution is -0.126. The molecule has 24 heavy (non-hydrogen) atoms. The van der Waals surface area contributed by atoms with Gasteiger partial charge in [-0.1, -0.05) is 0 Å². The van der Waals surface area contributed by atoms with Gasteiger partial charge in [0.15, 0.2) is 0 Å². The van der Waals surface area contributed by atoms with Crippen molar-refractivity contribution in [3.8, 4) is 0 Å². The second-order valence-corrected chi connectivity index (χ2v) is 6.93. The molecule has 3 rings (SSSR count). The number of carbonyl (C=O) groups is 1. The Morgan fingerprint density at radius 2 is 1.96 bits per heavy atom. The highest BCUT2D eigenvalue weighted by Crippen LogP contribution is 2.23. The smallest absolute Gasteiger partial charge is 0.246 e. The molecule has 0 radical (unpaired) electrons. The fourth-order valence-electron chi connectivity index (χ4n) is 3.34. The van der Waals surface area contributed by atoms with Crippen LogP contribution in [-0.2, 0) is 4.79 Å². The van der Waals surface area contributed by atoms with Crippen molar-refractivity contribution in [1.82, 2.24) is 19.7 Å². The van der Waals surface area contributed by atoms with E-state index in [2.05, 4.69) is 21.8 Å². The number of carbonyl (C=O) groups excluding carboxylic acids is 1. The first kappa shape index (κ1) is 17.1. The summed E-state index contributed by atoms with van der Waals surface area (Å²) in [6, 6.07) is 3.72. The highest BCUT2D eigenvalue weighted by Gasteiger charge is 2.39. The largest absolute Gasteiger partial charge is 0.387 e. The lowest BCUT2D eigenvalue weighted by Crippen LogP contribution is -2.52. The number of aliphatic hydroxyl groups is 1. The van der Waals surface area contributed by atoms with Crippen molar-refractivity contribution in [2.75, 3.05) is 52.9 Å². The Morgan fingerprint density at radius 1 is 1.25 bits per heavy atom. The monoisotopic (exact) mass is 330 g/mol. The fraction of sp³-hybridized carbons (Fsp3) is 0.556. The van der Waals surface area contributed by atoms with E-state index >= 15 is 0 Å². The van der Waals surface area contributed by atoms with Crippen molar-refractivity contribution in [2.45, 2.75) is 12.0 Å². The molecule has 6 heteroatoms. The van der Waals surface area contributed by atoms with Crippen LogP contribution >= 0.6 is 0 Å². The molecule has 0 saturated carbocycles. The summed E-state index contributed by atoms with van der Waals surface area (Å²) in [5.74, 6) is -0.0406. The highest BCUT2D eigenvalue weighted by molar-refractivity contribution is 5.92. The van der Waals surface area contributed by atoms with E-state index in [0.717, 1.165) is 31.7 Å². The number of nitrogens with zero attached hydrogens (tertiary/aromatic N) is 4. The van der Waals surface area contributed by atoms with Crippen molar-refractivity contribution in [1.29, 1.82) is 0 Å². The van der Waals surface area contributed by atoms with Crippen LogP contribution in [0.4, 0.5) is 0 Å². The number of hydrogen-bond donors (Lipinski definition) is 1. The zero-order valence-electron chi connectivity index (χ0n) is 14.3. The zero-order chi connectivity index (χ0) is 17.0. The Morgan fingerprint density at radius 3 is 2.67 bits per heavy atom. The molecule has 1 atom stereocenters. The van der Waals surface area contributed by atoms with E-state index in [1.807, 2.05) is 12.1 Å². The fourth-order valence-corrected chi connectivity index (χ4v) is 3.34. The molecule has 6 nitrogen and oxygen atoms in total. The Hall–Kier alpha value is -1.76. The quantitative estimate of drug-likeness (QED) is 0.805. The topological polar surface area (TPSA) is 59.9 Å². The molecule has 0 bridgehead atoms. The Bertz CT molecular complexity index is 584. The van der Waals surface area contributed by atoms with Gasteiger partial charge in [0.1, 0.15) is 0 Å². The van der Waals surface area contributed by atoms with Gasteiger partial charge in [-0.2, -0.15) is 0 Å². The van der Waals surface area contributed by atoms with Gasteiger partial charge in [-0.15, -0.1) is 0 Å². The number of piperazine rings is 1. The summed E-state index contributed by atoms with van der Waals surface area (Å²) in [6.45, 7) is 5.71.